The zero-order valence-corrected chi connectivity index (χ0v) is 10.9. The fraction of sp³-hybridized carbons (Fsp3) is 0.727. The molecule has 0 N–H and O–H groups in total. The SMILES string of the molecule is CC1CCCN(Cc2ncc(CS)s2)C1. The maximum absolute atomic E-state index is 4.43. The lowest BCUT2D eigenvalue weighted by Crippen LogP contribution is -2.33. The number of rotatable bonds is 3. The van der Waals surface area contributed by atoms with Gasteiger partial charge in [-0.25, -0.2) is 4.98 Å². The second kappa shape index (κ2) is 5.32. The van der Waals surface area contributed by atoms with Gasteiger partial charge in [0.05, 0.1) is 6.54 Å². The van der Waals surface area contributed by atoms with Gasteiger partial charge in [-0.2, -0.15) is 12.6 Å². The molecule has 1 saturated heterocycles. The van der Waals surface area contributed by atoms with Crippen molar-refractivity contribution < 1.29 is 0 Å². The van der Waals surface area contributed by atoms with Crippen LogP contribution in [0.2, 0.25) is 0 Å². The summed E-state index contributed by atoms with van der Waals surface area (Å²) in [6, 6.07) is 0. The van der Waals surface area contributed by atoms with Crippen molar-refractivity contribution in [1.82, 2.24) is 9.88 Å². The number of hydrogen-bond acceptors (Lipinski definition) is 4. The van der Waals surface area contributed by atoms with E-state index in [0.29, 0.717) is 0 Å². The highest BCUT2D eigenvalue weighted by molar-refractivity contribution is 7.79. The van der Waals surface area contributed by atoms with Crippen molar-refractivity contribution >= 4 is 24.0 Å². The Balaban J connectivity index is 1.90. The lowest BCUT2D eigenvalue weighted by Gasteiger charge is -2.29. The average Bonchev–Trinajstić information content (AvgIpc) is 2.65. The minimum Gasteiger partial charge on any atom is -0.296 e. The summed E-state index contributed by atoms with van der Waals surface area (Å²) < 4.78 is 0. The maximum atomic E-state index is 4.43. The quantitative estimate of drug-likeness (QED) is 0.821. The van der Waals surface area contributed by atoms with E-state index in [2.05, 4.69) is 29.4 Å². The van der Waals surface area contributed by atoms with Crippen molar-refractivity contribution in [2.75, 3.05) is 13.1 Å². The van der Waals surface area contributed by atoms with E-state index in [0.717, 1.165) is 18.2 Å². The third-order valence-electron chi connectivity index (χ3n) is 2.86. The van der Waals surface area contributed by atoms with Gasteiger partial charge < -0.3 is 0 Å². The molecule has 0 aromatic carbocycles. The Kier molecular flexibility index (Phi) is 4.05. The molecule has 1 atom stereocenters. The van der Waals surface area contributed by atoms with E-state index in [9.17, 15) is 0 Å². The maximum Gasteiger partial charge on any atom is 0.107 e. The summed E-state index contributed by atoms with van der Waals surface area (Å²) in [5.41, 5.74) is 0. The molecule has 2 nitrogen and oxygen atoms in total. The minimum atomic E-state index is 0.814. The third-order valence-corrected chi connectivity index (χ3v) is 4.39. The number of aromatic nitrogens is 1. The normalized spacial score (nSPS) is 23.2. The summed E-state index contributed by atoms with van der Waals surface area (Å²) >= 11 is 6.06. The summed E-state index contributed by atoms with van der Waals surface area (Å²) in [6.45, 7) is 5.84. The van der Waals surface area contributed by atoms with Crippen LogP contribution in [0.4, 0.5) is 0 Å². The Bertz CT molecular complexity index is 311. The van der Waals surface area contributed by atoms with Gasteiger partial charge in [0, 0.05) is 23.4 Å². The lowest BCUT2D eigenvalue weighted by atomic mass is 10.0. The fourth-order valence-corrected chi connectivity index (χ4v) is 3.22. The molecule has 84 valence electrons. The van der Waals surface area contributed by atoms with Crippen LogP contribution in [0.25, 0.3) is 0 Å². The lowest BCUT2D eigenvalue weighted by molar-refractivity contribution is 0.176. The van der Waals surface area contributed by atoms with Crippen molar-refractivity contribution in [3.63, 3.8) is 0 Å². The molecule has 0 spiro atoms. The molecule has 0 radical (unpaired) electrons. The number of thiazole rings is 1. The van der Waals surface area contributed by atoms with E-state index in [1.165, 1.54) is 35.8 Å². The molecule has 2 rings (SSSR count). The van der Waals surface area contributed by atoms with Crippen molar-refractivity contribution in [2.24, 2.45) is 5.92 Å². The Morgan fingerprint density at radius 2 is 2.53 bits per heavy atom. The van der Waals surface area contributed by atoms with Gasteiger partial charge in [0.25, 0.3) is 0 Å². The van der Waals surface area contributed by atoms with Crippen molar-refractivity contribution in [1.29, 1.82) is 0 Å². The summed E-state index contributed by atoms with van der Waals surface area (Å²) in [5.74, 6) is 1.66. The van der Waals surface area contributed by atoms with Gasteiger partial charge in [-0.1, -0.05) is 6.92 Å². The highest BCUT2D eigenvalue weighted by Crippen LogP contribution is 2.20. The molecule has 1 fully saturated rings. The van der Waals surface area contributed by atoms with Crippen molar-refractivity contribution in [2.45, 2.75) is 32.1 Å². The van der Waals surface area contributed by atoms with Crippen molar-refractivity contribution in [3.05, 3.63) is 16.1 Å². The van der Waals surface area contributed by atoms with Gasteiger partial charge in [0.15, 0.2) is 0 Å². The van der Waals surface area contributed by atoms with Crippen LogP contribution >= 0.6 is 24.0 Å². The Hall–Kier alpha value is -0.0600. The molecular formula is C11H18N2S2. The largest absolute Gasteiger partial charge is 0.296 e. The molecule has 2 heterocycles. The van der Waals surface area contributed by atoms with E-state index in [-0.39, 0.29) is 0 Å². The predicted molar refractivity (Wildman–Crippen MR) is 68.5 cm³/mol. The third kappa shape index (κ3) is 3.20. The van der Waals surface area contributed by atoms with Crippen LogP contribution in [0.5, 0.6) is 0 Å². The van der Waals surface area contributed by atoms with Gasteiger partial charge in [0.2, 0.25) is 0 Å². The Morgan fingerprint density at radius 3 is 3.20 bits per heavy atom. The summed E-state index contributed by atoms with van der Waals surface area (Å²) in [7, 11) is 0. The van der Waals surface area contributed by atoms with E-state index in [4.69, 9.17) is 0 Å². The second-order valence-electron chi connectivity index (χ2n) is 4.36. The predicted octanol–water partition coefficient (Wildman–Crippen LogP) is 2.80. The topological polar surface area (TPSA) is 16.1 Å². The first-order valence-electron chi connectivity index (χ1n) is 5.54. The summed E-state index contributed by atoms with van der Waals surface area (Å²) in [5, 5.41) is 1.24. The summed E-state index contributed by atoms with van der Waals surface area (Å²) in [4.78, 5) is 8.23. The van der Waals surface area contributed by atoms with Crippen LogP contribution in [0, 0.1) is 5.92 Å². The first-order valence-corrected chi connectivity index (χ1v) is 6.99. The summed E-state index contributed by atoms with van der Waals surface area (Å²) in [6.07, 6.45) is 4.68. The zero-order valence-electron chi connectivity index (χ0n) is 9.15. The molecular weight excluding hydrogens is 224 g/mol. The van der Waals surface area contributed by atoms with Crippen LogP contribution in [0.3, 0.4) is 0 Å². The number of nitrogens with zero attached hydrogens (tertiary/aromatic N) is 2. The molecule has 1 unspecified atom stereocenters. The first kappa shape index (κ1) is 11.4. The standard InChI is InChI=1S/C11H18N2S2/c1-9-3-2-4-13(6-9)7-11-12-5-10(8-14)15-11/h5,9,14H,2-4,6-8H2,1H3. The van der Waals surface area contributed by atoms with Crippen LogP contribution < -0.4 is 0 Å². The fourth-order valence-electron chi connectivity index (χ4n) is 2.12. The highest BCUT2D eigenvalue weighted by atomic mass is 32.1. The monoisotopic (exact) mass is 242 g/mol. The van der Waals surface area contributed by atoms with Gasteiger partial charge in [-0.3, -0.25) is 4.90 Å². The molecule has 1 aliphatic heterocycles. The molecule has 1 aromatic rings. The van der Waals surface area contributed by atoms with Gasteiger partial charge in [-0.15, -0.1) is 11.3 Å². The average molecular weight is 242 g/mol. The van der Waals surface area contributed by atoms with Gasteiger partial charge >= 0.3 is 0 Å². The molecule has 0 bridgehead atoms. The van der Waals surface area contributed by atoms with E-state index in [1.807, 2.05) is 6.20 Å². The number of hydrogen-bond donors (Lipinski definition) is 1. The van der Waals surface area contributed by atoms with Crippen LogP contribution in [0.1, 0.15) is 29.7 Å². The number of thiol groups is 1. The Morgan fingerprint density at radius 1 is 1.67 bits per heavy atom. The van der Waals surface area contributed by atoms with Crippen LogP contribution in [-0.2, 0) is 12.3 Å². The molecule has 0 aliphatic carbocycles. The van der Waals surface area contributed by atoms with Gasteiger partial charge in [-0.05, 0) is 25.3 Å². The highest BCUT2D eigenvalue weighted by Gasteiger charge is 2.17. The number of piperidine rings is 1. The number of likely N-dealkylation sites (tertiary alicyclic amines) is 1. The first-order chi connectivity index (χ1) is 7.28. The molecule has 4 heteroatoms. The van der Waals surface area contributed by atoms with E-state index < -0.39 is 0 Å². The minimum absolute atomic E-state index is 0.814. The molecule has 1 aromatic heterocycles. The molecule has 0 saturated carbocycles. The van der Waals surface area contributed by atoms with Gasteiger partial charge in [0.1, 0.15) is 5.01 Å². The second-order valence-corrected chi connectivity index (χ2v) is 5.88. The zero-order chi connectivity index (χ0) is 10.7. The van der Waals surface area contributed by atoms with E-state index in [1.54, 1.807) is 11.3 Å². The van der Waals surface area contributed by atoms with E-state index >= 15 is 0 Å². The molecule has 0 amide bonds. The molecule has 1 aliphatic rings. The van der Waals surface area contributed by atoms with Crippen LogP contribution in [0.15, 0.2) is 6.20 Å². The van der Waals surface area contributed by atoms with Crippen LogP contribution in [-0.4, -0.2) is 23.0 Å². The molecule has 15 heavy (non-hydrogen) atoms. The smallest absolute Gasteiger partial charge is 0.107 e. The van der Waals surface area contributed by atoms with Crippen molar-refractivity contribution in [3.8, 4) is 0 Å². The Labute approximate surface area is 101 Å².